The van der Waals surface area contributed by atoms with Gasteiger partial charge in [-0.1, -0.05) is 6.07 Å². The number of anilines is 1. The Morgan fingerprint density at radius 1 is 1.44 bits per heavy atom. The van der Waals surface area contributed by atoms with Crippen LogP contribution < -0.4 is 10.2 Å². The molecule has 0 aromatic heterocycles. The van der Waals surface area contributed by atoms with Crippen molar-refractivity contribution in [2.45, 2.75) is 18.4 Å². The predicted octanol–water partition coefficient (Wildman–Crippen LogP) is 0.896. The van der Waals surface area contributed by atoms with Crippen molar-refractivity contribution in [2.24, 2.45) is 5.92 Å². The number of rotatable bonds is 1. The molecule has 18 heavy (non-hydrogen) atoms. The van der Waals surface area contributed by atoms with Crippen LogP contribution in [-0.2, 0) is 0 Å². The number of nitrogens with one attached hydrogen (secondary N) is 1. The molecular weight excluding hydrogens is 228 g/mol. The molecule has 0 bridgehead atoms. The van der Waals surface area contributed by atoms with Crippen LogP contribution in [0.25, 0.3) is 0 Å². The SMILES string of the molecule is CN1c2cc(O)ccc2C(CO)C2CNCCC21. The molecule has 2 aliphatic heterocycles. The first-order valence-corrected chi connectivity index (χ1v) is 6.59. The summed E-state index contributed by atoms with van der Waals surface area (Å²) in [6, 6.07) is 5.94. The molecule has 3 rings (SSSR count). The van der Waals surface area contributed by atoms with Crippen LogP contribution in [0, 0.1) is 5.92 Å². The van der Waals surface area contributed by atoms with Crippen molar-refractivity contribution in [3.8, 4) is 5.75 Å². The maximum Gasteiger partial charge on any atom is 0.117 e. The zero-order valence-electron chi connectivity index (χ0n) is 10.6. The molecule has 3 atom stereocenters. The summed E-state index contributed by atoms with van der Waals surface area (Å²) in [5.41, 5.74) is 2.22. The minimum Gasteiger partial charge on any atom is -0.508 e. The second-order valence-electron chi connectivity index (χ2n) is 5.37. The minimum atomic E-state index is 0.175. The fraction of sp³-hybridized carbons (Fsp3) is 0.571. The molecule has 4 nitrogen and oxygen atoms in total. The lowest BCUT2D eigenvalue weighted by Crippen LogP contribution is -2.54. The monoisotopic (exact) mass is 248 g/mol. The van der Waals surface area contributed by atoms with Gasteiger partial charge < -0.3 is 20.4 Å². The number of piperidine rings is 1. The van der Waals surface area contributed by atoms with E-state index < -0.39 is 0 Å². The summed E-state index contributed by atoms with van der Waals surface area (Å²) in [4.78, 5) is 2.27. The molecule has 2 aliphatic rings. The third kappa shape index (κ3) is 1.68. The van der Waals surface area contributed by atoms with E-state index in [1.54, 1.807) is 6.07 Å². The molecule has 1 fully saturated rings. The highest BCUT2D eigenvalue weighted by atomic mass is 16.3. The van der Waals surface area contributed by atoms with Gasteiger partial charge in [0, 0.05) is 43.2 Å². The molecule has 0 spiro atoms. The maximum absolute atomic E-state index is 9.72. The smallest absolute Gasteiger partial charge is 0.117 e. The van der Waals surface area contributed by atoms with E-state index in [2.05, 4.69) is 17.3 Å². The van der Waals surface area contributed by atoms with E-state index in [0.29, 0.717) is 17.7 Å². The number of fused-ring (bicyclic) bond motifs is 2. The van der Waals surface area contributed by atoms with Crippen molar-refractivity contribution in [1.82, 2.24) is 5.32 Å². The topological polar surface area (TPSA) is 55.7 Å². The van der Waals surface area contributed by atoms with E-state index in [9.17, 15) is 10.2 Å². The molecule has 1 saturated heterocycles. The summed E-state index contributed by atoms with van der Waals surface area (Å²) in [6.07, 6.45) is 1.09. The quantitative estimate of drug-likeness (QED) is 0.691. The van der Waals surface area contributed by atoms with Crippen molar-refractivity contribution in [3.63, 3.8) is 0 Å². The van der Waals surface area contributed by atoms with Gasteiger partial charge in [0.1, 0.15) is 5.75 Å². The molecule has 98 valence electrons. The first kappa shape index (κ1) is 11.8. The summed E-state index contributed by atoms with van der Waals surface area (Å²) >= 11 is 0. The van der Waals surface area contributed by atoms with Crippen LogP contribution in [0.15, 0.2) is 18.2 Å². The van der Waals surface area contributed by atoms with Crippen molar-refractivity contribution in [3.05, 3.63) is 23.8 Å². The zero-order valence-corrected chi connectivity index (χ0v) is 10.6. The van der Waals surface area contributed by atoms with E-state index in [1.807, 2.05) is 12.1 Å². The Morgan fingerprint density at radius 3 is 3.06 bits per heavy atom. The number of aromatic hydroxyl groups is 1. The Balaban J connectivity index is 2.08. The van der Waals surface area contributed by atoms with Crippen molar-refractivity contribution >= 4 is 5.69 Å². The van der Waals surface area contributed by atoms with Crippen LogP contribution in [0.5, 0.6) is 5.75 Å². The lowest BCUT2D eigenvalue weighted by atomic mass is 9.74. The van der Waals surface area contributed by atoms with E-state index in [0.717, 1.165) is 30.8 Å². The normalized spacial score (nSPS) is 30.8. The Morgan fingerprint density at radius 2 is 2.28 bits per heavy atom. The molecule has 1 aromatic rings. The van der Waals surface area contributed by atoms with Gasteiger partial charge in [-0.2, -0.15) is 0 Å². The molecule has 0 radical (unpaired) electrons. The number of benzene rings is 1. The van der Waals surface area contributed by atoms with Gasteiger partial charge in [-0.25, -0.2) is 0 Å². The van der Waals surface area contributed by atoms with Gasteiger partial charge in [0.05, 0.1) is 6.61 Å². The molecule has 0 amide bonds. The second-order valence-corrected chi connectivity index (χ2v) is 5.37. The highest BCUT2D eigenvalue weighted by Crippen LogP contribution is 2.44. The molecule has 3 unspecified atom stereocenters. The Kier molecular flexibility index (Phi) is 2.92. The minimum absolute atomic E-state index is 0.175. The van der Waals surface area contributed by atoms with Crippen LogP contribution in [0.2, 0.25) is 0 Å². The summed E-state index contributed by atoms with van der Waals surface area (Å²) in [5.74, 6) is 0.921. The van der Waals surface area contributed by atoms with E-state index in [1.165, 1.54) is 0 Å². The largest absolute Gasteiger partial charge is 0.508 e. The lowest BCUT2D eigenvalue weighted by Gasteiger charge is -2.48. The van der Waals surface area contributed by atoms with Crippen LogP contribution in [0.1, 0.15) is 17.9 Å². The molecule has 0 saturated carbocycles. The number of aliphatic hydroxyl groups excluding tert-OH is 1. The fourth-order valence-corrected chi connectivity index (χ4v) is 3.55. The molecule has 2 heterocycles. The van der Waals surface area contributed by atoms with Gasteiger partial charge in [0.25, 0.3) is 0 Å². The summed E-state index contributed by atoms with van der Waals surface area (Å²) in [5, 5.41) is 22.8. The number of phenolic OH excluding ortho intramolecular Hbond substituents is 1. The Hall–Kier alpha value is -1.26. The molecule has 1 aromatic carbocycles. The van der Waals surface area contributed by atoms with Gasteiger partial charge in [-0.05, 0) is 24.6 Å². The van der Waals surface area contributed by atoms with E-state index in [-0.39, 0.29) is 12.5 Å². The highest BCUT2D eigenvalue weighted by molar-refractivity contribution is 5.61. The summed E-state index contributed by atoms with van der Waals surface area (Å²) in [6.45, 7) is 2.16. The average molecular weight is 248 g/mol. The first-order chi connectivity index (χ1) is 8.72. The number of phenols is 1. The van der Waals surface area contributed by atoms with Gasteiger partial charge >= 0.3 is 0 Å². The predicted molar refractivity (Wildman–Crippen MR) is 71.1 cm³/mol. The van der Waals surface area contributed by atoms with Gasteiger partial charge in [0.15, 0.2) is 0 Å². The van der Waals surface area contributed by atoms with E-state index >= 15 is 0 Å². The number of aliphatic hydroxyl groups is 1. The number of hydrogen-bond donors (Lipinski definition) is 3. The van der Waals surface area contributed by atoms with E-state index in [4.69, 9.17) is 0 Å². The van der Waals surface area contributed by atoms with Crippen molar-refractivity contribution in [2.75, 3.05) is 31.6 Å². The third-order valence-corrected chi connectivity index (χ3v) is 4.50. The first-order valence-electron chi connectivity index (χ1n) is 6.59. The van der Waals surface area contributed by atoms with Crippen molar-refractivity contribution < 1.29 is 10.2 Å². The lowest BCUT2D eigenvalue weighted by molar-refractivity contribution is 0.178. The Bertz CT molecular complexity index is 449. The number of hydrogen-bond acceptors (Lipinski definition) is 4. The van der Waals surface area contributed by atoms with Crippen LogP contribution >= 0.6 is 0 Å². The molecule has 3 N–H and O–H groups in total. The molecular formula is C14H20N2O2. The van der Waals surface area contributed by atoms with Crippen LogP contribution in [0.3, 0.4) is 0 Å². The molecule has 0 aliphatic carbocycles. The summed E-state index contributed by atoms with van der Waals surface area (Å²) < 4.78 is 0. The maximum atomic E-state index is 9.72. The summed E-state index contributed by atoms with van der Waals surface area (Å²) in [7, 11) is 2.09. The van der Waals surface area contributed by atoms with Gasteiger partial charge in [0.2, 0.25) is 0 Å². The Labute approximate surface area is 107 Å². The average Bonchev–Trinajstić information content (AvgIpc) is 2.40. The highest BCUT2D eigenvalue weighted by Gasteiger charge is 2.40. The van der Waals surface area contributed by atoms with Crippen LogP contribution in [-0.4, -0.2) is 43.0 Å². The van der Waals surface area contributed by atoms with Gasteiger partial charge in [-0.3, -0.25) is 0 Å². The van der Waals surface area contributed by atoms with Crippen LogP contribution in [0.4, 0.5) is 5.69 Å². The fourth-order valence-electron chi connectivity index (χ4n) is 3.55. The molecule has 4 heteroatoms. The third-order valence-electron chi connectivity index (χ3n) is 4.50. The van der Waals surface area contributed by atoms with Gasteiger partial charge in [-0.15, -0.1) is 0 Å². The zero-order chi connectivity index (χ0) is 12.7. The van der Waals surface area contributed by atoms with Crippen molar-refractivity contribution in [1.29, 1.82) is 0 Å². The second kappa shape index (κ2) is 4.44. The standard InChI is InChI=1S/C14H20N2O2/c1-16-13-4-5-15-7-11(13)12(8-17)10-3-2-9(18)6-14(10)16/h2-3,6,11-13,15,17-18H,4-5,7-8H2,1H3. The number of nitrogens with zero attached hydrogens (tertiary/aromatic N) is 1.